The molecule has 0 N–H and O–H groups in total. The van der Waals surface area contributed by atoms with Crippen molar-refractivity contribution in [3.63, 3.8) is 0 Å². The van der Waals surface area contributed by atoms with Gasteiger partial charge in [-0.15, -0.1) is 0 Å². The number of halogens is 1. The summed E-state index contributed by atoms with van der Waals surface area (Å²) < 4.78 is 3.02. The van der Waals surface area contributed by atoms with Crippen molar-refractivity contribution >= 4 is 21.8 Å². The Labute approximate surface area is 111 Å². The molecular formula is C13H19BrN2O. The normalized spacial score (nSPS) is 15.0. The van der Waals surface area contributed by atoms with Crippen molar-refractivity contribution in [2.45, 2.75) is 32.7 Å². The molecule has 4 heteroatoms. The second kappa shape index (κ2) is 5.25. The SMILES string of the molecule is CCCn1cc(Br)cc1C(=O)N(C)CC1CC1. The molecule has 0 radical (unpaired) electrons. The number of rotatable bonds is 5. The van der Waals surface area contributed by atoms with Crippen molar-refractivity contribution < 1.29 is 4.79 Å². The maximum absolute atomic E-state index is 12.3. The van der Waals surface area contributed by atoms with Crippen LogP contribution in [0.4, 0.5) is 0 Å². The van der Waals surface area contributed by atoms with Gasteiger partial charge in [-0.1, -0.05) is 6.92 Å². The molecule has 3 nitrogen and oxygen atoms in total. The molecular weight excluding hydrogens is 280 g/mol. The van der Waals surface area contributed by atoms with E-state index >= 15 is 0 Å². The minimum Gasteiger partial charge on any atom is -0.342 e. The summed E-state index contributed by atoms with van der Waals surface area (Å²) >= 11 is 3.44. The predicted molar refractivity (Wildman–Crippen MR) is 72.1 cm³/mol. The number of nitrogens with zero attached hydrogens (tertiary/aromatic N) is 2. The topological polar surface area (TPSA) is 25.2 Å². The van der Waals surface area contributed by atoms with Crippen LogP contribution >= 0.6 is 15.9 Å². The average Bonchev–Trinajstić information content (AvgIpc) is 3.01. The van der Waals surface area contributed by atoms with Gasteiger partial charge in [0.15, 0.2) is 0 Å². The summed E-state index contributed by atoms with van der Waals surface area (Å²) in [5.74, 6) is 0.873. The van der Waals surface area contributed by atoms with E-state index in [2.05, 4.69) is 22.9 Å². The van der Waals surface area contributed by atoms with Gasteiger partial charge in [-0.05, 0) is 47.2 Å². The standard InChI is InChI=1S/C13H19BrN2O/c1-3-6-16-9-11(14)7-12(16)13(17)15(2)8-10-4-5-10/h7,9-10H,3-6,8H2,1-2H3. The highest BCUT2D eigenvalue weighted by atomic mass is 79.9. The first kappa shape index (κ1) is 12.7. The molecule has 1 aromatic rings. The van der Waals surface area contributed by atoms with E-state index in [9.17, 15) is 4.79 Å². The largest absolute Gasteiger partial charge is 0.342 e. The molecule has 1 saturated carbocycles. The van der Waals surface area contributed by atoms with Crippen LogP contribution in [0.2, 0.25) is 0 Å². The van der Waals surface area contributed by atoms with Crippen LogP contribution in [0.5, 0.6) is 0 Å². The van der Waals surface area contributed by atoms with Crippen LogP contribution in [0.15, 0.2) is 16.7 Å². The van der Waals surface area contributed by atoms with Crippen LogP contribution in [0.3, 0.4) is 0 Å². The molecule has 0 bridgehead atoms. The van der Waals surface area contributed by atoms with Crippen molar-refractivity contribution in [2.75, 3.05) is 13.6 Å². The van der Waals surface area contributed by atoms with Gasteiger partial charge in [0.05, 0.1) is 0 Å². The number of carbonyl (C=O) groups excluding carboxylic acids is 1. The van der Waals surface area contributed by atoms with Crippen molar-refractivity contribution in [3.05, 3.63) is 22.4 Å². The zero-order valence-electron chi connectivity index (χ0n) is 10.4. The van der Waals surface area contributed by atoms with Crippen molar-refractivity contribution in [1.82, 2.24) is 9.47 Å². The number of aryl methyl sites for hydroxylation is 1. The second-order valence-corrected chi connectivity index (χ2v) is 5.78. The molecule has 0 spiro atoms. The number of hydrogen-bond donors (Lipinski definition) is 0. The lowest BCUT2D eigenvalue weighted by Gasteiger charge is -2.17. The minimum atomic E-state index is 0.135. The van der Waals surface area contributed by atoms with E-state index in [1.165, 1.54) is 12.8 Å². The van der Waals surface area contributed by atoms with Gasteiger partial charge in [0.1, 0.15) is 5.69 Å². The van der Waals surface area contributed by atoms with Gasteiger partial charge in [-0.3, -0.25) is 4.79 Å². The molecule has 1 aliphatic carbocycles. The van der Waals surface area contributed by atoms with Crippen LogP contribution in [0.1, 0.15) is 36.7 Å². The summed E-state index contributed by atoms with van der Waals surface area (Å²) in [6, 6.07) is 1.92. The maximum atomic E-state index is 12.3. The van der Waals surface area contributed by atoms with Crippen molar-refractivity contribution in [2.24, 2.45) is 5.92 Å². The van der Waals surface area contributed by atoms with E-state index in [-0.39, 0.29) is 5.91 Å². The Balaban J connectivity index is 2.10. The van der Waals surface area contributed by atoms with E-state index in [0.717, 1.165) is 35.6 Å². The Morgan fingerprint density at radius 3 is 2.88 bits per heavy atom. The van der Waals surface area contributed by atoms with Crippen LogP contribution in [-0.4, -0.2) is 29.0 Å². The molecule has 17 heavy (non-hydrogen) atoms. The number of carbonyl (C=O) groups is 1. The van der Waals surface area contributed by atoms with Gasteiger partial charge in [-0.25, -0.2) is 0 Å². The lowest BCUT2D eigenvalue weighted by Crippen LogP contribution is -2.30. The molecule has 94 valence electrons. The van der Waals surface area contributed by atoms with Gasteiger partial charge in [0.2, 0.25) is 0 Å². The first-order valence-electron chi connectivity index (χ1n) is 6.23. The minimum absolute atomic E-state index is 0.135. The van der Waals surface area contributed by atoms with Crippen LogP contribution in [0.25, 0.3) is 0 Å². The summed E-state index contributed by atoms with van der Waals surface area (Å²) in [4.78, 5) is 14.2. The fourth-order valence-electron chi connectivity index (χ4n) is 2.05. The molecule has 1 aliphatic rings. The first-order valence-corrected chi connectivity index (χ1v) is 7.02. The Morgan fingerprint density at radius 2 is 2.29 bits per heavy atom. The average molecular weight is 299 g/mol. The van der Waals surface area contributed by atoms with E-state index in [4.69, 9.17) is 0 Å². The fourth-order valence-corrected chi connectivity index (χ4v) is 2.51. The highest BCUT2D eigenvalue weighted by molar-refractivity contribution is 9.10. The predicted octanol–water partition coefficient (Wildman–Crippen LogP) is 3.14. The maximum Gasteiger partial charge on any atom is 0.270 e. The van der Waals surface area contributed by atoms with Gasteiger partial charge >= 0.3 is 0 Å². The highest BCUT2D eigenvalue weighted by Crippen LogP contribution is 2.29. The number of hydrogen-bond acceptors (Lipinski definition) is 1. The van der Waals surface area contributed by atoms with Crippen LogP contribution < -0.4 is 0 Å². The Kier molecular flexibility index (Phi) is 3.92. The summed E-state index contributed by atoms with van der Waals surface area (Å²) in [5, 5.41) is 0. The van der Waals surface area contributed by atoms with E-state index in [0.29, 0.717) is 0 Å². The summed E-state index contributed by atoms with van der Waals surface area (Å²) in [6.45, 7) is 3.91. The zero-order chi connectivity index (χ0) is 12.4. The first-order chi connectivity index (χ1) is 8.11. The lowest BCUT2D eigenvalue weighted by atomic mass is 10.3. The second-order valence-electron chi connectivity index (χ2n) is 4.87. The highest BCUT2D eigenvalue weighted by Gasteiger charge is 2.26. The lowest BCUT2D eigenvalue weighted by molar-refractivity contribution is 0.0778. The molecule has 1 amide bonds. The Morgan fingerprint density at radius 1 is 1.59 bits per heavy atom. The molecule has 2 rings (SSSR count). The molecule has 1 fully saturated rings. The van der Waals surface area contributed by atoms with E-state index in [1.807, 2.05) is 28.8 Å². The van der Waals surface area contributed by atoms with Crippen molar-refractivity contribution in [1.29, 1.82) is 0 Å². The third kappa shape index (κ3) is 3.12. The molecule has 1 heterocycles. The molecule has 0 saturated heterocycles. The van der Waals surface area contributed by atoms with Crippen LogP contribution in [0, 0.1) is 5.92 Å². The zero-order valence-corrected chi connectivity index (χ0v) is 12.0. The number of aromatic nitrogens is 1. The fraction of sp³-hybridized carbons (Fsp3) is 0.615. The Bertz CT molecular complexity index is 410. The molecule has 1 aromatic heterocycles. The summed E-state index contributed by atoms with van der Waals surface area (Å²) in [6.07, 6.45) is 5.57. The van der Waals surface area contributed by atoms with E-state index < -0.39 is 0 Å². The molecule has 0 atom stereocenters. The van der Waals surface area contributed by atoms with Gasteiger partial charge in [0, 0.05) is 30.8 Å². The third-order valence-corrected chi connectivity index (χ3v) is 3.56. The van der Waals surface area contributed by atoms with Gasteiger partial charge in [-0.2, -0.15) is 0 Å². The van der Waals surface area contributed by atoms with E-state index in [1.54, 1.807) is 0 Å². The van der Waals surface area contributed by atoms with Gasteiger partial charge < -0.3 is 9.47 Å². The number of amides is 1. The molecule has 0 unspecified atom stereocenters. The van der Waals surface area contributed by atoms with Crippen LogP contribution in [-0.2, 0) is 6.54 Å². The smallest absolute Gasteiger partial charge is 0.270 e. The third-order valence-electron chi connectivity index (χ3n) is 3.12. The van der Waals surface area contributed by atoms with Crippen molar-refractivity contribution in [3.8, 4) is 0 Å². The monoisotopic (exact) mass is 298 g/mol. The summed E-state index contributed by atoms with van der Waals surface area (Å²) in [7, 11) is 1.90. The summed E-state index contributed by atoms with van der Waals surface area (Å²) in [5.41, 5.74) is 0.793. The molecule has 0 aromatic carbocycles. The van der Waals surface area contributed by atoms with Gasteiger partial charge in [0.25, 0.3) is 5.91 Å². The quantitative estimate of drug-likeness (QED) is 0.820. The Hall–Kier alpha value is -0.770. The molecule has 0 aliphatic heterocycles.